The van der Waals surface area contributed by atoms with Crippen LogP contribution in [0.5, 0.6) is 0 Å². The first kappa shape index (κ1) is 12.7. The molecule has 0 aliphatic heterocycles. The summed E-state index contributed by atoms with van der Waals surface area (Å²) in [6.07, 6.45) is 1.53. The van der Waals surface area contributed by atoms with Crippen molar-refractivity contribution in [2.24, 2.45) is 5.73 Å². The third-order valence-corrected chi connectivity index (χ3v) is 2.70. The van der Waals surface area contributed by atoms with Crippen molar-refractivity contribution in [1.82, 2.24) is 5.32 Å². The number of amides is 1. The monoisotopic (exact) mass is 220 g/mol. The van der Waals surface area contributed by atoms with Crippen LogP contribution >= 0.6 is 0 Å². The highest BCUT2D eigenvalue weighted by atomic mass is 16.2. The summed E-state index contributed by atoms with van der Waals surface area (Å²) in [5.74, 6) is -0.0711. The van der Waals surface area contributed by atoms with Crippen LogP contribution < -0.4 is 11.1 Å². The lowest BCUT2D eigenvalue weighted by Gasteiger charge is -2.19. The molecule has 3 heteroatoms. The quantitative estimate of drug-likeness (QED) is 0.797. The van der Waals surface area contributed by atoms with Gasteiger partial charge < -0.3 is 11.1 Å². The van der Waals surface area contributed by atoms with Crippen molar-refractivity contribution < 1.29 is 4.79 Å². The fourth-order valence-electron chi connectivity index (χ4n) is 1.57. The first-order valence-electron chi connectivity index (χ1n) is 5.79. The van der Waals surface area contributed by atoms with E-state index >= 15 is 0 Å². The molecule has 0 heterocycles. The van der Waals surface area contributed by atoms with Gasteiger partial charge in [-0.25, -0.2) is 0 Å². The van der Waals surface area contributed by atoms with E-state index in [9.17, 15) is 4.79 Å². The summed E-state index contributed by atoms with van der Waals surface area (Å²) in [4.78, 5) is 11.7. The Morgan fingerprint density at radius 1 is 1.25 bits per heavy atom. The van der Waals surface area contributed by atoms with Gasteiger partial charge in [0.2, 0.25) is 5.91 Å². The summed E-state index contributed by atoms with van der Waals surface area (Å²) in [7, 11) is 0. The van der Waals surface area contributed by atoms with Gasteiger partial charge in [0.1, 0.15) is 0 Å². The van der Waals surface area contributed by atoms with Crippen molar-refractivity contribution in [3.05, 3.63) is 35.9 Å². The Morgan fingerprint density at radius 3 is 2.38 bits per heavy atom. The molecule has 3 nitrogen and oxygen atoms in total. The summed E-state index contributed by atoms with van der Waals surface area (Å²) in [6.45, 7) is 3.96. The molecule has 0 unspecified atom stereocenters. The van der Waals surface area contributed by atoms with Crippen molar-refractivity contribution in [2.45, 2.75) is 38.8 Å². The molecule has 1 rings (SSSR count). The zero-order valence-corrected chi connectivity index (χ0v) is 9.94. The van der Waals surface area contributed by atoms with Crippen LogP contribution in [0.4, 0.5) is 0 Å². The number of rotatable bonds is 5. The SMILES string of the molecule is CC[C@H](N)C(=O)N[C@H](CC)c1ccccc1. The maximum absolute atomic E-state index is 11.7. The second-order valence-electron chi connectivity index (χ2n) is 3.89. The van der Waals surface area contributed by atoms with E-state index in [1.165, 1.54) is 0 Å². The van der Waals surface area contributed by atoms with E-state index in [1.54, 1.807) is 0 Å². The van der Waals surface area contributed by atoms with Crippen LogP contribution in [-0.4, -0.2) is 11.9 Å². The fraction of sp³-hybridized carbons (Fsp3) is 0.462. The van der Waals surface area contributed by atoms with Crippen molar-refractivity contribution >= 4 is 5.91 Å². The Labute approximate surface area is 97.0 Å². The van der Waals surface area contributed by atoms with E-state index in [0.29, 0.717) is 6.42 Å². The minimum absolute atomic E-state index is 0.0614. The van der Waals surface area contributed by atoms with Crippen molar-refractivity contribution in [1.29, 1.82) is 0 Å². The molecule has 3 N–H and O–H groups in total. The molecule has 0 fully saturated rings. The van der Waals surface area contributed by atoms with Crippen LogP contribution in [0, 0.1) is 0 Å². The maximum Gasteiger partial charge on any atom is 0.237 e. The van der Waals surface area contributed by atoms with Crippen molar-refractivity contribution in [3.8, 4) is 0 Å². The number of nitrogens with two attached hydrogens (primary N) is 1. The molecule has 0 aromatic heterocycles. The Balaban J connectivity index is 2.66. The minimum Gasteiger partial charge on any atom is -0.348 e. The summed E-state index contributed by atoms with van der Waals surface area (Å²) < 4.78 is 0. The highest BCUT2D eigenvalue weighted by Gasteiger charge is 2.16. The average molecular weight is 220 g/mol. The molecule has 0 bridgehead atoms. The van der Waals surface area contributed by atoms with Crippen molar-refractivity contribution in [2.75, 3.05) is 0 Å². The average Bonchev–Trinajstić information content (AvgIpc) is 2.35. The smallest absolute Gasteiger partial charge is 0.237 e. The van der Waals surface area contributed by atoms with Gasteiger partial charge in [-0.1, -0.05) is 44.2 Å². The van der Waals surface area contributed by atoms with E-state index < -0.39 is 6.04 Å². The molecule has 16 heavy (non-hydrogen) atoms. The first-order valence-corrected chi connectivity index (χ1v) is 5.79. The number of carbonyl (C=O) groups excluding carboxylic acids is 1. The van der Waals surface area contributed by atoms with E-state index in [4.69, 9.17) is 5.73 Å². The van der Waals surface area contributed by atoms with Crippen molar-refractivity contribution in [3.63, 3.8) is 0 Å². The number of carbonyl (C=O) groups is 1. The normalized spacial score (nSPS) is 14.2. The Hall–Kier alpha value is -1.35. The van der Waals surface area contributed by atoms with Crippen LogP contribution in [0.2, 0.25) is 0 Å². The minimum atomic E-state index is -0.405. The Kier molecular flexibility index (Phi) is 4.99. The highest BCUT2D eigenvalue weighted by Crippen LogP contribution is 2.15. The predicted molar refractivity (Wildman–Crippen MR) is 65.9 cm³/mol. The van der Waals surface area contributed by atoms with Gasteiger partial charge in [-0.3, -0.25) is 4.79 Å². The maximum atomic E-state index is 11.7. The van der Waals surface area contributed by atoms with Gasteiger partial charge in [-0.2, -0.15) is 0 Å². The van der Waals surface area contributed by atoms with Crippen LogP contribution in [0.3, 0.4) is 0 Å². The Morgan fingerprint density at radius 2 is 1.88 bits per heavy atom. The molecular weight excluding hydrogens is 200 g/mol. The predicted octanol–water partition coefficient (Wildman–Crippen LogP) is 1.99. The summed E-state index contributed by atoms with van der Waals surface area (Å²) in [5.41, 5.74) is 6.81. The third-order valence-electron chi connectivity index (χ3n) is 2.70. The van der Waals surface area contributed by atoms with E-state index in [-0.39, 0.29) is 11.9 Å². The van der Waals surface area contributed by atoms with Crippen LogP contribution in [0.15, 0.2) is 30.3 Å². The molecule has 0 radical (unpaired) electrons. The highest BCUT2D eigenvalue weighted by molar-refractivity contribution is 5.81. The van der Waals surface area contributed by atoms with Crippen LogP contribution in [0.25, 0.3) is 0 Å². The second-order valence-corrected chi connectivity index (χ2v) is 3.89. The zero-order valence-electron chi connectivity index (χ0n) is 9.94. The van der Waals surface area contributed by atoms with Gasteiger partial charge in [0.05, 0.1) is 12.1 Å². The molecular formula is C13H20N2O. The lowest BCUT2D eigenvalue weighted by molar-refractivity contribution is -0.123. The van der Waals surface area contributed by atoms with E-state index in [1.807, 2.05) is 37.3 Å². The number of hydrogen-bond donors (Lipinski definition) is 2. The molecule has 0 saturated carbocycles. The topological polar surface area (TPSA) is 55.1 Å². The third kappa shape index (κ3) is 3.35. The first-order chi connectivity index (χ1) is 7.69. The zero-order chi connectivity index (χ0) is 12.0. The lowest BCUT2D eigenvalue weighted by atomic mass is 10.0. The van der Waals surface area contributed by atoms with Gasteiger partial charge in [-0.05, 0) is 18.4 Å². The molecule has 1 amide bonds. The standard InChI is InChI=1S/C13H20N2O/c1-3-11(14)13(16)15-12(4-2)10-8-6-5-7-9-10/h5-9,11-12H,3-4,14H2,1-2H3,(H,15,16)/t11-,12+/m0/s1. The Bertz CT molecular complexity index is 324. The molecule has 0 spiro atoms. The molecule has 1 aromatic rings. The molecule has 0 aliphatic carbocycles. The molecule has 88 valence electrons. The van der Waals surface area contributed by atoms with Gasteiger partial charge in [0, 0.05) is 0 Å². The largest absolute Gasteiger partial charge is 0.348 e. The van der Waals surface area contributed by atoms with Gasteiger partial charge >= 0.3 is 0 Å². The molecule has 0 aliphatic rings. The van der Waals surface area contributed by atoms with Crippen LogP contribution in [0.1, 0.15) is 38.3 Å². The number of nitrogens with one attached hydrogen (secondary N) is 1. The number of hydrogen-bond acceptors (Lipinski definition) is 2. The molecule has 1 aromatic carbocycles. The molecule has 2 atom stereocenters. The van der Waals surface area contributed by atoms with Crippen LogP contribution in [-0.2, 0) is 4.79 Å². The summed E-state index contributed by atoms with van der Waals surface area (Å²) in [6, 6.07) is 9.62. The van der Waals surface area contributed by atoms with Gasteiger partial charge in [0.25, 0.3) is 0 Å². The number of benzene rings is 1. The fourth-order valence-corrected chi connectivity index (χ4v) is 1.57. The van der Waals surface area contributed by atoms with Gasteiger partial charge in [-0.15, -0.1) is 0 Å². The summed E-state index contributed by atoms with van der Waals surface area (Å²) in [5, 5.41) is 2.97. The second kappa shape index (κ2) is 6.28. The lowest BCUT2D eigenvalue weighted by Crippen LogP contribution is -2.41. The van der Waals surface area contributed by atoms with E-state index in [0.717, 1.165) is 12.0 Å². The molecule has 0 saturated heterocycles. The van der Waals surface area contributed by atoms with E-state index in [2.05, 4.69) is 12.2 Å². The summed E-state index contributed by atoms with van der Waals surface area (Å²) >= 11 is 0. The van der Waals surface area contributed by atoms with Gasteiger partial charge in [0.15, 0.2) is 0 Å².